The second-order valence-electron chi connectivity index (χ2n) is 7.43. The van der Waals surface area contributed by atoms with Crippen molar-refractivity contribution in [2.24, 2.45) is 0 Å². The lowest BCUT2D eigenvalue weighted by Crippen LogP contribution is -2.25. The summed E-state index contributed by atoms with van der Waals surface area (Å²) in [5.41, 5.74) is 2.42. The number of hydrogen-bond donors (Lipinski definition) is 2. The van der Waals surface area contributed by atoms with Crippen molar-refractivity contribution in [3.63, 3.8) is 0 Å². The topological polar surface area (TPSA) is 88.4 Å². The fourth-order valence-corrected chi connectivity index (χ4v) is 5.42. The Morgan fingerprint density at radius 3 is 2.50 bits per heavy atom. The van der Waals surface area contributed by atoms with Gasteiger partial charge in [-0.3, -0.25) is 0 Å². The lowest BCUT2D eigenvalue weighted by atomic mass is 10.0. The molecule has 0 unspecified atom stereocenters. The molecule has 0 aliphatic carbocycles. The molecule has 0 spiro atoms. The van der Waals surface area contributed by atoms with Crippen molar-refractivity contribution in [3.05, 3.63) is 69.8 Å². The smallest absolute Gasteiger partial charge is 0.242 e. The highest BCUT2D eigenvalue weighted by molar-refractivity contribution is 7.89. The fraction of sp³-hybridized carbons (Fsp3) is 0.182. The molecule has 0 atom stereocenters. The molecule has 0 saturated carbocycles. The molecule has 174 valence electrons. The van der Waals surface area contributed by atoms with Crippen molar-refractivity contribution in [2.45, 2.75) is 17.7 Å². The van der Waals surface area contributed by atoms with Gasteiger partial charge in [0.2, 0.25) is 10.0 Å². The van der Waals surface area contributed by atoms with Gasteiger partial charge in [-0.05, 0) is 36.5 Å². The number of halogens is 3. The van der Waals surface area contributed by atoms with E-state index in [2.05, 4.69) is 20.1 Å². The van der Waals surface area contributed by atoms with Crippen LogP contribution in [0.25, 0.3) is 16.9 Å². The summed E-state index contributed by atoms with van der Waals surface area (Å²) in [6, 6.07) is 13.8. The summed E-state index contributed by atoms with van der Waals surface area (Å²) < 4.78 is 29.2. The van der Waals surface area contributed by atoms with Crippen molar-refractivity contribution >= 4 is 69.6 Å². The average molecular weight is 535 g/mol. The Balaban J connectivity index is 1.40. The minimum absolute atomic E-state index is 0.00727. The van der Waals surface area contributed by atoms with Gasteiger partial charge >= 0.3 is 0 Å². The predicted octanol–water partition coefficient (Wildman–Crippen LogP) is 4.32. The molecule has 2 radical (unpaired) electrons. The number of hydrogen-bond acceptors (Lipinski definition) is 5. The molecule has 0 aliphatic rings. The summed E-state index contributed by atoms with van der Waals surface area (Å²) in [6.45, 7) is 0.818. The Morgan fingerprint density at radius 2 is 1.71 bits per heavy atom. The fourth-order valence-electron chi connectivity index (χ4n) is 3.35. The van der Waals surface area contributed by atoms with Gasteiger partial charge in [0.25, 0.3) is 0 Å². The van der Waals surface area contributed by atoms with Gasteiger partial charge in [-0.25, -0.2) is 18.1 Å². The molecule has 2 aromatic carbocycles. The van der Waals surface area contributed by atoms with Crippen LogP contribution in [0.5, 0.6) is 0 Å². The van der Waals surface area contributed by atoms with Gasteiger partial charge in [-0.1, -0.05) is 59.1 Å². The molecule has 0 amide bonds. The van der Waals surface area contributed by atoms with E-state index in [9.17, 15) is 8.42 Å². The quantitative estimate of drug-likeness (QED) is 0.247. The molecule has 0 saturated heterocycles. The van der Waals surface area contributed by atoms with Crippen LogP contribution < -0.4 is 15.5 Å². The lowest BCUT2D eigenvalue weighted by Gasteiger charge is -2.12. The van der Waals surface area contributed by atoms with Crippen LogP contribution in [-0.4, -0.2) is 44.0 Å². The molecule has 7 nitrogen and oxygen atoms in total. The normalized spacial score (nSPS) is 11.7. The Morgan fingerprint density at radius 1 is 0.971 bits per heavy atom. The van der Waals surface area contributed by atoms with E-state index in [1.54, 1.807) is 22.8 Å². The number of unbranched alkanes of at least 4 members (excludes halogenated alkanes) is 1. The van der Waals surface area contributed by atoms with E-state index in [0.29, 0.717) is 47.0 Å². The summed E-state index contributed by atoms with van der Waals surface area (Å²) in [4.78, 5) is 4.57. The van der Waals surface area contributed by atoms with Gasteiger partial charge < -0.3 is 5.32 Å². The highest BCUT2D eigenvalue weighted by Gasteiger charge is 2.18. The van der Waals surface area contributed by atoms with Crippen LogP contribution in [0, 0.1) is 0 Å². The first-order valence-electron chi connectivity index (χ1n) is 10.3. The van der Waals surface area contributed by atoms with Crippen LogP contribution in [0.3, 0.4) is 0 Å². The van der Waals surface area contributed by atoms with E-state index < -0.39 is 10.0 Å². The summed E-state index contributed by atoms with van der Waals surface area (Å²) in [6.07, 6.45) is 2.82. The molecule has 12 heteroatoms. The second kappa shape index (κ2) is 10.5. The van der Waals surface area contributed by atoms with Crippen molar-refractivity contribution in [1.82, 2.24) is 19.3 Å². The van der Waals surface area contributed by atoms with E-state index in [1.807, 2.05) is 24.3 Å². The van der Waals surface area contributed by atoms with Gasteiger partial charge in [0, 0.05) is 35.9 Å². The lowest BCUT2D eigenvalue weighted by molar-refractivity contribution is 0.577. The van der Waals surface area contributed by atoms with Crippen LogP contribution in [0.2, 0.25) is 15.1 Å². The Bertz CT molecular complexity index is 1450. The van der Waals surface area contributed by atoms with Crippen LogP contribution in [-0.2, 0) is 10.0 Å². The SMILES string of the molecule is [B]c1cnn2c(NCCCCNS(=O)(=O)c3cccc(Cl)c3Cl)cc(-c3ccccc3Cl)nc12. The number of nitrogens with zero attached hydrogens (tertiary/aromatic N) is 3. The van der Waals surface area contributed by atoms with E-state index in [-0.39, 0.29) is 21.5 Å². The van der Waals surface area contributed by atoms with Gasteiger partial charge in [0.05, 0.1) is 15.7 Å². The molecule has 4 aromatic rings. The number of rotatable bonds is 9. The summed E-state index contributed by atoms with van der Waals surface area (Å²) in [5, 5.41) is 8.39. The zero-order valence-electron chi connectivity index (χ0n) is 17.8. The van der Waals surface area contributed by atoms with Crippen molar-refractivity contribution in [2.75, 3.05) is 18.4 Å². The second-order valence-corrected chi connectivity index (χ2v) is 10.4. The molecule has 2 heterocycles. The van der Waals surface area contributed by atoms with E-state index in [4.69, 9.17) is 42.6 Å². The van der Waals surface area contributed by atoms with Gasteiger partial charge in [-0.2, -0.15) is 9.61 Å². The van der Waals surface area contributed by atoms with Crippen LogP contribution in [0.1, 0.15) is 12.8 Å². The highest BCUT2D eigenvalue weighted by Crippen LogP contribution is 2.29. The number of nitrogens with one attached hydrogen (secondary N) is 2. The molecular weight excluding hydrogens is 516 g/mol. The zero-order valence-corrected chi connectivity index (χ0v) is 20.9. The molecule has 34 heavy (non-hydrogen) atoms. The molecule has 0 bridgehead atoms. The summed E-state index contributed by atoms with van der Waals surface area (Å²) >= 11 is 18.3. The molecule has 0 fully saturated rings. The van der Waals surface area contributed by atoms with E-state index >= 15 is 0 Å². The number of sulfonamides is 1. The van der Waals surface area contributed by atoms with Crippen molar-refractivity contribution in [1.29, 1.82) is 0 Å². The van der Waals surface area contributed by atoms with Crippen molar-refractivity contribution in [3.8, 4) is 11.3 Å². The molecule has 2 N–H and O–H groups in total. The summed E-state index contributed by atoms with van der Waals surface area (Å²) in [5.74, 6) is 0.697. The van der Waals surface area contributed by atoms with E-state index in [0.717, 1.165) is 5.56 Å². The zero-order chi connectivity index (χ0) is 24.3. The minimum Gasteiger partial charge on any atom is -0.370 e. The number of anilines is 1. The third kappa shape index (κ3) is 5.34. The van der Waals surface area contributed by atoms with E-state index in [1.165, 1.54) is 12.1 Å². The maximum absolute atomic E-state index is 12.5. The summed E-state index contributed by atoms with van der Waals surface area (Å²) in [7, 11) is 2.29. The first kappa shape index (κ1) is 24.8. The monoisotopic (exact) mass is 533 g/mol. The maximum atomic E-state index is 12.5. The van der Waals surface area contributed by atoms with Crippen LogP contribution in [0.15, 0.2) is 59.6 Å². The Hall–Kier alpha value is -2.30. The number of fused-ring (bicyclic) bond motifs is 1. The minimum atomic E-state index is -3.75. The third-order valence-corrected chi connectivity index (χ3v) is 7.82. The highest BCUT2D eigenvalue weighted by atomic mass is 35.5. The van der Waals surface area contributed by atoms with Gasteiger partial charge in [0.15, 0.2) is 5.65 Å². The van der Waals surface area contributed by atoms with Gasteiger partial charge in [-0.15, -0.1) is 0 Å². The first-order valence-corrected chi connectivity index (χ1v) is 13.0. The Kier molecular flexibility index (Phi) is 7.69. The standard InChI is InChI=1S/C22H19BCl3N5O2S/c23-15-13-28-31-20(12-18(30-22(15)31)14-6-1-2-7-16(14)24)27-10-3-4-11-29-34(32,33)19-9-5-8-17(25)21(19)26/h1-2,5-9,12-13,27,29H,3-4,10-11H2. The average Bonchev–Trinajstić information content (AvgIpc) is 3.19. The molecular formula is C22H19BCl3N5O2S. The molecule has 4 rings (SSSR count). The molecule has 2 aromatic heterocycles. The number of aromatic nitrogens is 3. The largest absolute Gasteiger partial charge is 0.370 e. The number of benzene rings is 2. The third-order valence-electron chi connectivity index (χ3n) is 5.06. The predicted molar refractivity (Wildman–Crippen MR) is 138 cm³/mol. The first-order chi connectivity index (χ1) is 16.3. The maximum Gasteiger partial charge on any atom is 0.242 e. The van der Waals surface area contributed by atoms with Gasteiger partial charge in [0.1, 0.15) is 18.6 Å². The molecule has 0 aliphatic heterocycles. The van der Waals surface area contributed by atoms with Crippen LogP contribution in [0.4, 0.5) is 5.82 Å². The Labute approximate surface area is 213 Å². The van der Waals surface area contributed by atoms with Crippen molar-refractivity contribution < 1.29 is 8.42 Å². The van der Waals surface area contributed by atoms with Crippen LogP contribution >= 0.6 is 34.8 Å².